The van der Waals surface area contributed by atoms with E-state index in [2.05, 4.69) is 9.97 Å². The van der Waals surface area contributed by atoms with Gasteiger partial charge in [0.05, 0.1) is 16.8 Å². The Morgan fingerprint density at radius 1 is 1.07 bits per heavy atom. The van der Waals surface area contributed by atoms with Crippen LogP contribution in [0.4, 0.5) is 0 Å². The fraction of sp³-hybridized carbons (Fsp3) is 0.125. The van der Waals surface area contributed by atoms with Crippen molar-refractivity contribution in [3.05, 3.63) is 89.6 Å². The number of furan rings is 1. The Kier molecular flexibility index (Phi) is 4.32. The second kappa shape index (κ2) is 7.15. The molecule has 0 amide bonds. The van der Waals surface area contributed by atoms with Gasteiger partial charge in [-0.25, -0.2) is 14.8 Å². The molecule has 0 aliphatic carbocycles. The van der Waals surface area contributed by atoms with E-state index >= 15 is 0 Å². The van der Waals surface area contributed by atoms with Gasteiger partial charge >= 0.3 is 5.97 Å². The Morgan fingerprint density at radius 2 is 1.93 bits per heavy atom. The number of carbonyl (C=O) groups excluding carboxylic acids is 1. The molecule has 0 saturated heterocycles. The number of pyridine rings is 2. The third-order valence-corrected chi connectivity index (χ3v) is 5.01. The molecule has 5 aromatic rings. The Bertz CT molecular complexity index is 1400. The van der Waals surface area contributed by atoms with Crippen molar-refractivity contribution in [1.82, 2.24) is 14.4 Å². The van der Waals surface area contributed by atoms with Crippen LogP contribution in [-0.2, 0) is 11.3 Å². The summed E-state index contributed by atoms with van der Waals surface area (Å²) in [6, 6.07) is 16.9. The van der Waals surface area contributed by atoms with Crippen molar-refractivity contribution in [1.29, 1.82) is 0 Å². The van der Waals surface area contributed by atoms with Crippen molar-refractivity contribution in [2.24, 2.45) is 0 Å². The Morgan fingerprint density at radius 3 is 2.73 bits per heavy atom. The molecule has 148 valence electrons. The third kappa shape index (κ3) is 3.22. The smallest absolute Gasteiger partial charge is 0.339 e. The van der Waals surface area contributed by atoms with E-state index in [1.807, 2.05) is 79.2 Å². The maximum absolute atomic E-state index is 13.0. The molecule has 0 atom stereocenters. The van der Waals surface area contributed by atoms with Crippen LogP contribution in [0.1, 0.15) is 27.4 Å². The van der Waals surface area contributed by atoms with Gasteiger partial charge in [0.25, 0.3) is 0 Å². The number of carbonyl (C=O) groups is 1. The minimum absolute atomic E-state index is 0.0891. The first kappa shape index (κ1) is 18.1. The van der Waals surface area contributed by atoms with Crippen LogP contribution in [0.25, 0.3) is 28.0 Å². The van der Waals surface area contributed by atoms with Crippen molar-refractivity contribution in [3.8, 4) is 11.5 Å². The van der Waals surface area contributed by atoms with Gasteiger partial charge in [-0.05, 0) is 49.7 Å². The number of hydrogen-bond donors (Lipinski definition) is 0. The van der Waals surface area contributed by atoms with Crippen LogP contribution in [0.5, 0.6) is 0 Å². The molecule has 0 radical (unpaired) electrons. The maximum atomic E-state index is 13.0. The molecule has 30 heavy (non-hydrogen) atoms. The van der Waals surface area contributed by atoms with Crippen molar-refractivity contribution in [3.63, 3.8) is 0 Å². The van der Waals surface area contributed by atoms with E-state index in [9.17, 15) is 4.79 Å². The van der Waals surface area contributed by atoms with Crippen LogP contribution in [-0.4, -0.2) is 20.3 Å². The van der Waals surface area contributed by atoms with Crippen LogP contribution < -0.4 is 0 Å². The number of imidazole rings is 1. The van der Waals surface area contributed by atoms with Gasteiger partial charge < -0.3 is 13.6 Å². The van der Waals surface area contributed by atoms with E-state index in [1.54, 1.807) is 6.07 Å². The zero-order valence-electron chi connectivity index (χ0n) is 16.6. The number of hydrogen-bond acceptors (Lipinski definition) is 5. The lowest BCUT2D eigenvalue weighted by molar-refractivity contribution is 0.0470. The first-order chi connectivity index (χ1) is 14.6. The summed E-state index contributed by atoms with van der Waals surface area (Å²) in [5.41, 5.74) is 4.36. The van der Waals surface area contributed by atoms with Crippen molar-refractivity contribution >= 4 is 22.5 Å². The first-order valence-electron chi connectivity index (χ1n) is 9.65. The highest BCUT2D eigenvalue weighted by Gasteiger charge is 2.17. The number of esters is 1. The van der Waals surface area contributed by atoms with Crippen LogP contribution in [0, 0.1) is 13.8 Å². The van der Waals surface area contributed by atoms with Crippen LogP contribution >= 0.6 is 0 Å². The number of fused-ring (bicyclic) bond motifs is 2. The van der Waals surface area contributed by atoms with Crippen LogP contribution in [0.3, 0.4) is 0 Å². The molecule has 0 spiro atoms. The second-order valence-electron chi connectivity index (χ2n) is 7.21. The summed E-state index contributed by atoms with van der Waals surface area (Å²) < 4.78 is 13.2. The zero-order valence-corrected chi connectivity index (χ0v) is 16.6. The average molecular weight is 397 g/mol. The molecular formula is C24H19N3O3. The largest absolute Gasteiger partial charge is 0.460 e. The number of nitrogens with zero attached hydrogens (tertiary/aromatic N) is 3. The Labute approximate surface area is 172 Å². The van der Waals surface area contributed by atoms with E-state index in [-0.39, 0.29) is 6.61 Å². The summed E-state index contributed by atoms with van der Waals surface area (Å²) in [7, 11) is 0. The molecular weight excluding hydrogens is 378 g/mol. The Hall–Kier alpha value is -3.93. The molecule has 4 heterocycles. The summed E-state index contributed by atoms with van der Waals surface area (Å²) in [5.74, 6) is 0.973. The summed E-state index contributed by atoms with van der Waals surface area (Å²) in [6.07, 6.45) is 3.80. The monoisotopic (exact) mass is 397 g/mol. The van der Waals surface area contributed by atoms with Gasteiger partial charge in [0, 0.05) is 17.8 Å². The van der Waals surface area contributed by atoms with Crippen molar-refractivity contribution < 1.29 is 13.9 Å². The van der Waals surface area contributed by atoms with E-state index in [0.29, 0.717) is 28.2 Å². The van der Waals surface area contributed by atoms with E-state index < -0.39 is 5.97 Å². The highest BCUT2D eigenvalue weighted by Crippen LogP contribution is 2.27. The number of aromatic nitrogens is 3. The number of aryl methyl sites for hydroxylation is 2. The summed E-state index contributed by atoms with van der Waals surface area (Å²) >= 11 is 0. The molecule has 6 nitrogen and oxygen atoms in total. The average Bonchev–Trinajstić information content (AvgIpc) is 3.38. The standard InChI is InChI=1S/C24H19N3O3/c1-15-6-5-11-27-13-17(25-23(15)27)14-29-24(28)19-12-21(22-10-9-16(2)30-22)26-20-8-4-3-7-18(19)20/h3-13H,14H2,1-2H3. The first-order valence-corrected chi connectivity index (χ1v) is 9.65. The summed E-state index contributed by atoms with van der Waals surface area (Å²) in [4.78, 5) is 22.2. The number of para-hydroxylation sites is 1. The van der Waals surface area contributed by atoms with Gasteiger partial charge in [0.2, 0.25) is 0 Å². The molecule has 0 N–H and O–H groups in total. The molecule has 6 heteroatoms. The summed E-state index contributed by atoms with van der Waals surface area (Å²) in [6.45, 7) is 3.96. The lowest BCUT2D eigenvalue weighted by Crippen LogP contribution is -2.07. The van der Waals surface area contributed by atoms with E-state index in [1.165, 1.54) is 0 Å². The summed E-state index contributed by atoms with van der Waals surface area (Å²) in [5, 5.41) is 0.736. The van der Waals surface area contributed by atoms with Gasteiger partial charge in [0.1, 0.15) is 23.7 Å². The van der Waals surface area contributed by atoms with Crippen molar-refractivity contribution in [2.75, 3.05) is 0 Å². The topological polar surface area (TPSA) is 69.6 Å². The third-order valence-electron chi connectivity index (χ3n) is 5.01. The molecule has 5 rings (SSSR count). The predicted octanol–water partition coefficient (Wildman–Crippen LogP) is 5.12. The molecule has 0 aliphatic heterocycles. The molecule has 0 fully saturated rings. The molecule has 0 saturated carbocycles. The number of ether oxygens (including phenoxy) is 1. The predicted molar refractivity (Wildman–Crippen MR) is 113 cm³/mol. The van der Waals surface area contributed by atoms with Gasteiger partial charge in [0.15, 0.2) is 5.76 Å². The van der Waals surface area contributed by atoms with E-state index in [0.717, 1.165) is 22.4 Å². The number of benzene rings is 1. The van der Waals surface area contributed by atoms with Gasteiger partial charge in [-0.3, -0.25) is 0 Å². The highest BCUT2D eigenvalue weighted by molar-refractivity contribution is 6.04. The van der Waals surface area contributed by atoms with Gasteiger partial charge in [-0.15, -0.1) is 0 Å². The van der Waals surface area contributed by atoms with Crippen LogP contribution in [0.15, 0.2) is 71.4 Å². The van der Waals surface area contributed by atoms with Crippen molar-refractivity contribution in [2.45, 2.75) is 20.5 Å². The lowest BCUT2D eigenvalue weighted by Gasteiger charge is -2.08. The normalized spacial score (nSPS) is 11.3. The SMILES string of the molecule is Cc1ccc(-c2cc(C(=O)OCc3cn4cccc(C)c4n3)c3ccccc3n2)o1. The Balaban J connectivity index is 1.48. The minimum atomic E-state index is -0.424. The second-order valence-corrected chi connectivity index (χ2v) is 7.21. The van der Waals surface area contributed by atoms with Gasteiger partial charge in [-0.1, -0.05) is 24.3 Å². The molecule has 1 aromatic carbocycles. The van der Waals surface area contributed by atoms with E-state index in [4.69, 9.17) is 9.15 Å². The number of rotatable bonds is 4. The van der Waals surface area contributed by atoms with Gasteiger partial charge in [-0.2, -0.15) is 0 Å². The minimum Gasteiger partial charge on any atom is -0.460 e. The fourth-order valence-corrected chi connectivity index (χ4v) is 3.53. The molecule has 0 bridgehead atoms. The zero-order chi connectivity index (χ0) is 20.7. The highest BCUT2D eigenvalue weighted by atomic mass is 16.5. The molecule has 4 aromatic heterocycles. The maximum Gasteiger partial charge on any atom is 0.339 e. The fourth-order valence-electron chi connectivity index (χ4n) is 3.53. The quantitative estimate of drug-likeness (QED) is 0.394. The molecule has 0 aliphatic rings. The van der Waals surface area contributed by atoms with Crippen LogP contribution in [0.2, 0.25) is 0 Å². The molecule has 0 unspecified atom stereocenters. The lowest BCUT2D eigenvalue weighted by atomic mass is 10.1.